The van der Waals surface area contributed by atoms with E-state index in [-0.39, 0.29) is 19.0 Å². The van der Waals surface area contributed by atoms with E-state index in [9.17, 15) is 13.6 Å². The molecule has 1 unspecified atom stereocenters. The van der Waals surface area contributed by atoms with Crippen LogP contribution in [0.4, 0.5) is 13.6 Å². The quantitative estimate of drug-likeness (QED) is 0.759. The zero-order valence-corrected chi connectivity index (χ0v) is 11.6. The molecule has 1 atom stereocenters. The van der Waals surface area contributed by atoms with Gasteiger partial charge in [-0.25, -0.2) is 13.6 Å². The summed E-state index contributed by atoms with van der Waals surface area (Å²) in [5.41, 5.74) is 0.714. The lowest BCUT2D eigenvalue weighted by molar-refractivity contribution is 0.0764. The third-order valence-electron chi connectivity index (χ3n) is 2.72. The first kappa shape index (κ1) is 16.4. The fourth-order valence-electron chi connectivity index (χ4n) is 1.94. The molecule has 0 aliphatic rings. The Morgan fingerprint density at radius 1 is 1.55 bits per heavy atom. The second kappa shape index (κ2) is 7.78. The van der Waals surface area contributed by atoms with Crippen molar-refractivity contribution in [2.45, 2.75) is 19.9 Å². The highest BCUT2D eigenvalue weighted by Gasteiger charge is 2.17. The smallest absolute Gasteiger partial charge is 0.404 e. The summed E-state index contributed by atoms with van der Waals surface area (Å²) >= 11 is 0. The largest absolute Gasteiger partial charge is 0.465 e. The number of nitrogens with one attached hydrogen (secondary N) is 1. The van der Waals surface area contributed by atoms with Crippen LogP contribution < -0.4 is 5.32 Å². The monoisotopic (exact) mass is 290 g/mol. The third-order valence-corrected chi connectivity index (χ3v) is 2.72. The summed E-state index contributed by atoms with van der Waals surface area (Å²) in [4.78, 5) is 12.0. The Morgan fingerprint density at radius 3 is 2.75 bits per heavy atom. The first-order valence-electron chi connectivity index (χ1n) is 6.32. The van der Waals surface area contributed by atoms with Crippen LogP contribution in [-0.2, 0) is 13.6 Å². The number of aryl methyl sites for hydroxylation is 1. The van der Waals surface area contributed by atoms with Crippen LogP contribution in [0.25, 0.3) is 0 Å². The molecule has 6 nitrogen and oxygen atoms in total. The molecular formula is C12H20F2N4O2. The first-order chi connectivity index (χ1) is 9.36. The van der Waals surface area contributed by atoms with Crippen molar-refractivity contribution in [2.24, 2.45) is 13.0 Å². The Labute approximate surface area is 116 Å². The highest BCUT2D eigenvalue weighted by molar-refractivity contribution is 5.64. The number of halogens is 2. The van der Waals surface area contributed by atoms with Gasteiger partial charge in [0.25, 0.3) is 6.43 Å². The van der Waals surface area contributed by atoms with Crippen LogP contribution in [0.2, 0.25) is 0 Å². The van der Waals surface area contributed by atoms with Crippen LogP contribution in [0.15, 0.2) is 12.3 Å². The summed E-state index contributed by atoms with van der Waals surface area (Å²) < 4.78 is 26.8. The van der Waals surface area contributed by atoms with Crippen molar-refractivity contribution >= 4 is 6.09 Å². The minimum Gasteiger partial charge on any atom is -0.465 e. The summed E-state index contributed by atoms with van der Waals surface area (Å²) in [5, 5.41) is 14.9. The molecular weight excluding hydrogens is 270 g/mol. The Balaban J connectivity index is 2.52. The van der Waals surface area contributed by atoms with E-state index in [4.69, 9.17) is 5.11 Å². The van der Waals surface area contributed by atoms with E-state index in [0.29, 0.717) is 18.8 Å². The van der Waals surface area contributed by atoms with E-state index in [1.807, 2.05) is 6.92 Å². The number of rotatable bonds is 8. The number of nitrogens with zero attached hydrogens (tertiary/aromatic N) is 3. The minimum atomic E-state index is -2.43. The molecule has 0 bridgehead atoms. The van der Waals surface area contributed by atoms with Crippen molar-refractivity contribution in [2.75, 3.05) is 19.6 Å². The molecule has 0 spiro atoms. The molecule has 0 fully saturated rings. The molecule has 1 heterocycles. The van der Waals surface area contributed by atoms with Gasteiger partial charge in [-0.05, 0) is 12.0 Å². The maximum Gasteiger partial charge on any atom is 0.404 e. The molecule has 0 aliphatic heterocycles. The standard InChI is InChI=1S/C12H20F2N4O2/c1-9(5-15-12(19)20)6-18(8-11(13)14)7-10-3-4-17(2)16-10/h3-4,9,11,15H,5-8H2,1-2H3,(H,19,20). The number of carbonyl (C=O) groups is 1. The molecule has 1 rings (SSSR count). The van der Waals surface area contributed by atoms with Crippen molar-refractivity contribution in [1.29, 1.82) is 0 Å². The molecule has 1 aromatic heterocycles. The van der Waals surface area contributed by atoms with Crippen LogP contribution in [0.5, 0.6) is 0 Å². The van der Waals surface area contributed by atoms with Gasteiger partial charge in [-0.1, -0.05) is 6.92 Å². The summed E-state index contributed by atoms with van der Waals surface area (Å²) in [6, 6.07) is 1.78. The summed E-state index contributed by atoms with van der Waals surface area (Å²) in [7, 11) is 1.76. The van der Waals surface area contributed by atoms with E-state index in [0.717, 1.165) is 0 Å². The summed E-state index contributed by atoms with van der Waals surface area (Å²) in [6.07, 6.45) is -1.79. The molecule has 2 N–H and O–H groups in total. The number of hydrogen-bond donors (Lipinski definition) is 2. The Morgan fingerprint density at radius 2 is 2.25 bits per heavy atom. The van der Waals surface area contributed by atoms with Crippen LogP contribution in [0.3, 0.4) is 0 Å². The summed E-state index contributed by atoms with van der Waals surface area (Å²) in [5.74, 6) is -0.0615. The van der Waals surface area contributed by atoms with E-state index in [2.05, 4.69) is 10.4 Å². The zero-order valence-electron chi connectivity index (χ0n) is 11.6. The van der Waals surface area contributed by atoms with Gasteiger partial charge in [0, 0.05) is 32.9 Å². The summed E-state index contributed by atoms with van der Waals surface area (Å²) in [6.45, 7) is 2.39. The van der Waals surface area contributed by atoms with Crippen molar-refractivity contribution in [3.8, 4) is 0 Å². The van der Waals surface area contributed by atoms with Crippen molar-refractivity contribution in [3.63, 3.8) is 0 Å². The lowest BCUT2D eigenvalue weighted by Gasteiger charge is -2.24. The Bertz CT molecular complexity index is 425. The predicted octanol–water partition coefficient (Wildman–Crippen LogP) is 1.39. The molecule has 114 valence electrons. The molecule has 1 amide bonds. The van der Waals surface area contributed by atoms with Crippen LogP contribution in [0, 0.1) is 5.92 Å². The highest BCUT2D eigenvalue weighted by Crippen LogP contribution is 2.08. The van der Waals surface area contributed by atoms with Crippen molar-refractivity contribution < 1.29 is 18.7 Å². The number of amides is 1. The van der Waals surface area contributed by atoms with Gasteiger partial charge >= 0.3 is 6.09 Å². The van der Waals surface area contributed by atoms with Gasteiger partial charge in [0.1, 0.15) is 0 Å². The van der Waals surface area contributed by atoms with Gasteiger partial charge < -0.3 is 10.4 Å². The highest BCUT2D eigenvalue weighted by atomic mass is 19.3. The van der Waals surface area contributed by atoms with Gasteiger partial charge in [0.2, 0.25) is 0 Å². The second-order valence-corrected chi connectivity index (χ2v) is 4.86. The molecule has 0 radical (unpaired) electrons. The molecule has 0 saturated heterocycles. The fourth-order valence-corrected chi connectivity index (χ4v) is 1.94. The van der Waals surface area contributed by atoms with Crippen LogP contribution >= 0.6 is 0 Å². The van der Waals surface area contributed by atoms with E-state index in [1.54, 1.807) is 28.9 Å². The third kappa shape index (κ3) is 6.46. The van der Waals surface area contributed by atoms with E-state index in [1.165, 1.54) is 0 Å². The van der Waals surface area contributed by atoms with Crippen molar-refractivity contribution in [3.05, 3.63) is 18.0 Å². The first-order valence-corrected chi connectivity index (χ1v) is 6.32. The number of hydrogen-bond acceptors (Lipinski definition) is 3. The second-order valence-electron chi connectivity index (χ2n) is 4.86. The molecule has 0 aliphatic carbocycles. The average molecular weight is 290 g/mol. The zero-order chi connectivity index (χ0) is 15.1. The maximum absolute atomic E-state index is 12.6. The fraction of sp³-hybridized carbons (Fsp3) is 0.667. The van der Waals surface area contributed by atoms with Crippen molar-refractivity contribution in [1.82, 2.24) is 20.0 Å². The van der Waals surface area contributed by atoms with Gasteiger partial charge in [-0.2, -0.15) is 5.10 Å². The number of aromatic nitrogens is 2. The normalized spacial score (nSPS) is 12.9. The maximum atomic E-state index is 12.6. The number of carboxylic acid groups (broad SMARTS) is 1. The van der Waals surface area contributed by atoms with Gasteiger partial charge in [0.15, 0.2) is 0 Å². The lowest BCUT2D eigenvalue weighted by atomic mass is 10.1. The predicted molar refractivity (Wildman–Crippen MR) is 69.7 cm³/mol. The van der Waals surface area contributed by atoms with E-state index < -0.39 is 12.5 Å². The molecule has 8 heteroatoms. The Hall–Kier alpha value is -1.70. The topological polar surface area (TPSA) is 70.4 Å². The minimum absolute atomic E-state index is 0.0615. The van der Waals surface area contributed by atoms with E-state index >= 15 is 0 Å². The average Bonchev–Trinajstić information content (AvgIpc) is 2.71. The molecule has 20 heavy (non-hydrogen) atoms. The van der Waals surface area contributed by atoms with Gasteiger partial charge in [-0.3, -0.25) is 9.58 Å². The number of alkyl halides is 2. The Kier molecular flexibility index (Phi) is 6.37. The molecule has 0 aromatic carbocycles. The van der Waals surface area contributed by atoms with Crippen LogP contribution in [0.1, 0.15) is 12.6 Å². The SMILES string of the molecule is CC(CNC(=O)O)CN(Cc1ccn(C)n1)CC(F)F. The van der Waals surface area contributed by atoms with Crippen LogP contribution in [-0.4, -0.2) is 51.9 Å². The lowest BCUT2D eigenvalue weighted by Crippen LogP contribution is -2.37. The molecule has 0 saturated carbocycles. The van der Waals surface area contributed by atoms with Gasteiger partial charge in [-0.15, -0.1) is 0 Å². The van der Waals surface area contributed by atoms with Gasteiger partial charge in [0.05, 0.1) is 12.2 Å². The molecule has 1 aromatic rings.